The molecule has 0 spiro atoms. The van der Waals surface area contributed by atoms with E-state index in [-0.39, 0.29) is 17.0 Å². The number of hydrogen-bond acceptors (Lipinski definition) is 3. The molecule has 3 nitrogen and oxygen atoms in total. The van der Waals surface area contributed by atoms with Crippen LogP contribution < -0.4 is 9.64 Å². The maximum atomic E-state index is 13.6. The predicted octanol–water partition coefficient (Wildman–Crippen LogP) is 5.60. The number of carbonyl (C=O) groups excluding carboxylic acids is 1. The number of rotatable bonds is 4. The van der Waals surface area contributed by atoms with Gasteiger partial charge in [-0.1, -0.05) is 36.4 Å². The average Bonchev–Trinajstić information content (AvgIpc) is 2.85. The first kappa shape index (κ1) is 18.6. The van der Waals surface area contributed by atoms with Gasteiger partial charge in [0.1, 0.15) is 11.6 Å². The highest BCUT2D eigenvalue weighted by Crippen LogP contribution is 2.46. The Morgan fingerprint density at radius 1 is 1.07 bits per heavy atom. The molecule has 28 heavy (non-hydrogen) atoms. The summed E-state index contributed by atoms with van der Waals surface area (Å²) in [5.74, 6) is 0.530. The van der Waals surface area contributed by atoms with Gasteiger partial charge in [-0.25, -0.2) is 4.39 Å². The summed E-state index contributed by atoms with van der Waals surface area (Å²) in [6.45, 7) is 0.351. The lowest BCUT2D eigenvalue weighted by atomic mass is 10.1. The second-order valence-electron chi connectivity index (χ2n) is 6.66. The lowest BCUT2D eigenvalue weighted by Crippen LogP contribution is -2.30. The van der Waals surface area contributed by atoms with E-state index >= 15 is 0 Å². The molecule has 0 bridgehead atoms. The highest BCUT2D eigenvalue weighted by molar-refractivity contribution is 7.99. The molecule has 0 aromatic heterocycles. The first-order chi connectivity index (χ1) is 13.6. The molecular weight excluding hydrogens is 373 g/mol. The molecule has 1 amide bonds. The van der Waals surface area contributed by atoms with E-state index in [9.17, 15) is 9.18 Å². The van der Waals surface area contributed by atoms with Crippen molar-refractivity contribution in [2.45, 2.75) is 23.1 Å². The molecule has 1 heterocycles. The van der Waals surface area contributed by atoms with Crippen LogP contribution in [0.4, 0.5) is 10.1 Å². The minimum absolute atomic E-state index is 0.0112. The zero-order valence-electron chi connectivity index (χ0n) is 15.5. The Hall–Kier alpha value is -2.79. The van der Waals surface area contributed by atoms with Crippen molar-refractivity contribution in [2.24, 2.45) is 0 Å². The Kier molecular flexibility index (Phi) is 5.35. The number of fused-ring (bicyclic) bond motifs is 1. The monoisotopic (exact) mass is 393 g/mol. The van der Waals surface area contributed by atoms with Gasteiger partial charge in [-0.15, -0.1) is 11.8 Å². The summed E-state index contributed by atoms with van der Waals surface area (Å²) in [6, 6.07) is 22.2. The van der Waals surface area contributed by atoms with Gasteiger partial charge >= 0.3 is 0 Å². The summed E-state index contributed by atoms with van der Waals surface area (Å²) < 4.78 is 18.9. The normalized spacial score (nSPS) is 16.4. The first-order valence-electron chi connectivity index (χ1n) is 9.08. The van der Waals surface area contributed by atoms with Gasteiger partial charge in [-0.05, 0) is 47.5 Å². The van der Waals surface area contributed by atoms with Crippen LogP contribution in [0.2, 0.25) is 0 Å². The molecule has 1 aliphatic rings. The van der Waals surface area contributed by atoms with Gasteiger partial charge in [0.2, 0.25) is 5.91 Å². The molecule has 3 aromatic carbocycles. The number of hydrogen-bond donors (Lipinski definition) is 0. The van der Waals surface area contributed by atoms with Crippen molar-refractivity contribution in [3.63, 3.8) is 0 Å². The SMILES string of the molecule is COc1ccc([C@H]2CC(=O)N(Cc3cccc(F)c3)c3ccccc3S2)cc1. The van der Waals surface area contributed by atoms with E-state index in [1.165, 1.54) is 12.1 Å². The molecule has 4 rings (SSSR count). The summed E-state index contributed by atoms with van der Waals surface area (Å²) in [7, 11) is 1.64. The number of methoxy groups -OCH3 is 1. The summed E-state index contributed by atoms with van der Waals surface area (Å²) in [6.07, 6.45) is 0.376. The quantitative estimate of drug-likeness (QED) is 0.577. The van der Waals surface area contributed by atoms with Gasteiger partial charge < -0.3 is 9.64 Å². The summed E-state index contributed by atoms with van der Waals surface area (Å²) in [5.41, 5.74) is 2.73. The van der Waals surface area contributed by atoms with E-state index in [0.717, 1.165) is 27.5 Å². The maximum absolute atomic E-state index is 13.6. The van der Waals surface area contributed by atoms with Crippen LogP contribution in [0.1, 0.15) is 22.8 Å². The van der Waals surface area contributed by atoms with Gasteiger partial charge in [0.25, 0.3) is 0 Å². The molecular formula is C23H20FNO2S. The summed E-state index contributed by atoms with van der Waals surface area (Å²) in [5, 5.41) is 0.0112. The molecule has 142 valence electrons. The molecule has 0 saturated carbocycles. The lowest BCUT2D eigenvalue weighted by Gasteiger charge is -2.23. The van der Waals surface area contributed by atoms with Crippen molar-refractivity contribution < 1.29 is 13.9 Å². The summed E-state index contributed by atoms with van der Waals surface area (Å²) in [4.78, 5) is 16.0. The van der Waals surface area contributed by atoms with E-state index in [1.807, 2.05) is 54.6 Å². The van der Waals surface area contributed by atoms with Crippen molar-refractivity contribution in [3.05, 3.63) is 89.7 Å². The average molecular weight is 393 g/mol. The second-order valence-corrected chi connectivity index (χ2v) is 7.91. The topological polar surface area (TPSA) is 29.5 Å². The number of nitrogens with zero attached hydrogens (tertiary/aromatic N) is 1. The van der Waals surface area contributed by atoms with Crippen molar-refractivity contribution in [1.82, 2.24) is 0 Å². The highest BCUT2D eigenvalue weighted by atomic mass is 32.2. The van der Waals surface area contributed by atoms with Gasteiger partial charge in [0.15, 0.2) is 0 Å². The fraction of sp³-hybridized carbons (Fsp3) is 0.174. The van der Waals surface area contributed by atoms with Crippen LogP contribution in [-0.2, 0) is 11.3 Å². The van der Waals surface area contributed by atoms with Crippen molar-refractivity contribution in [2.75, 3.05) is 12.0 Å². The van der Waals surface area contributed by atoms with E-state index in [0.29, 0.717) is 13.0 Å². The van der Waals surface area contributed by atoms with Crippen LogP contribution in [-0.4, -0.2) is 13.0 Å². The van der Waals surface area contributed by atoms with Crippen LogP contribution in [0.25, 0.3) is 0 Å². The number of anilines is 1. The number of ether oxygens (including phenoxy) is 1. The zero-order chi connectivity index (χ0) is 19.5. The third kappa shape index (κ3) is 3.90. The van der Waals surface area contributed by atoms with E-state index in [2.05, 4.69) is 0 Å². The standard InChI is InChI=1S/C23H20FNO2S/c1-27-19-11-9-17(10-12-19)22-14-23(26)25(15-16-5-4-6-18(24)13-16)20-7-2-3-8-21(20)28-22/h2-13,22H,14-15H2,1H3/t22-/m1/s1. The molecule has 1 atom stereocenters. The minimum atomic E-state index is -0.293. The van der Waals surface area contributed by atoms with Gasteiger partial charge in [0.05, 0.1) is 19.3 Å². The third-order valence-corrected chi connectivity index (χ3v) is 6.13. The van der Waals surface area contributed by atoms with Gasteiger partial charge in [-0.3, -0.25) is 4.79 Å². The first-order valence-corrected chi connectivity index (χ1v) is 9.96. The number of halogens is 1. The molecule has 5 heteroatoms. The van der Waals surface area contributed by atoms with E-state index in [1.54, 1.807) is 29.8 Å². The van der Waals surface area contributed by atoms with Crippen LogP contribution in [0.15, 0.2) is 77.7 Å². The Labute approximate surface area is 168 Å². The largest absolute Gasteiger partial charge is 0.497 e. The number of para-hydroxylation sites is 1. The minimum Gasteiger partial charge on any atom is -0.497 e. The molecule has 0 fully saturated rings. The molecule has 1 aliphatic heterocycles. The molecule has 0 aliphatic carbocycles. The molecule has 0 saturated heterocycles. The Balaban J connectivity index is 1.67. The molecule has 0 radical (unpaired) electrons. The number of amides is 1. The number of carbonyl (C=O) groups is 1. The van der Waals surface area contributed by atoms with E-state index in [4.69, 9.17) is 4.74 Å². The van der Waals surface area contributed by atoms with Crippen LogP contribution >= 0.6 is 11.8 Å². The zero-order valence-corrected chi connectivity index (χ0v) is 16.3. The summed E-state index contributed by atoms with van der Waals surface area (Å²) >= 11 is 1.69. The predicted molar refractivity (Wildman–Crippen MR) is 110 cm³/mol. The molecule has 3 aromatic rings. The number of thioether (sulfide) groups is 1. The van der Waals surface area contributed by atoms with Gasteiger partial charge in [-0.2, -0.15) is 0 Å². The fourth-order valence-corrected chi connectivity index (χ4v) is 4.66. The molecule has 0 N–H and O–H groups in total. The van der Waals surface area contributed by atoms with Gasteiger partial charge in [0, 0.05) is 16.6 Å². The molecule has 0 unspecified atom stereocenters. The maximum Gasteiger partial charge on any atom is 0.228 e. The Morgan fingerprint density at radius 3 is 2.61 bits per heavy atom. The third-order valence-electron chi connectivity index (χ3n) is 4.80. The van der Waals surface area contributed by atoms with E-state index < -0.39 is 0 Å². The highest BCUT2D eigenvalue weighted by Gasteiger charge is 2.29. The van der Waals surface area contributed by atoms with Crippen LogP contribution in [0.3, 0.4) is 0 Å². The number of benzene rings is 3. The van der Waals surface area contributed by atoms with Crippen LogP contribution in [0, 0.1) is 5.82 Å². The Bertz CT molecular complexity index is 990. The van der Waals surface area contributed by atoms with Crippen molar-refractivity contribution in [1.29, 1.82) is 0 Å². The fourth-order valence-electron chi connectivity index (χ4n) is 3.37. The van der Waals surface area contributed by atoms with Crippen molar-refractivity contribution >= 4 is 23.4 Å². The smallest absolute Gasteiger partial charge is 0.228 e. The lowest BCUT2D eigenvalue weighted by molar-refractivity contribution is -0.118. The second kappa shape index (κ2) is 8.07. The Morgan fingerprint density at radius 2 is 1.86 bits per heavy atom. The van der Waals surface area contributed by atoms with Crippen LogP contribution in [0.5, 0.6) is 5.75 Å². The van der Waals surface area contributed by atoms with Crippen molar-refractivity contribution in [3.8, 4) is 5.75 Å².